The van der Waals surface area contributed by atoms with Crippen LogP contribution in [0.3, 0.4) is 0 Å². The van der Waals surface area contributed by atoms with Crippen molar-refractivity contribution in [2.75, 3.05) is 11.0 Å². The lowest BCUT2D eigenvalue weighted by atomic mass is 9.93. The van der Waals surface area contributed by atoms with E-state index in [9.17, 15) is 56.8 Å². The number of pyridine rings is 1. The number of nitrogens with one attached hydrogen (secondary N) is 2. The van der Waals surface area contributed by atoms with Gasteiger partial charge in [-0.2, -0.15) is 45.3 Å². The van der Waals surface area contributed by atoms with Gasteiger partial charge in [0.25, 0.3) is 5.92 Å². The zero-order chi connectivity index (χ0) is 48.3. The van der Waals surface area contributed by atoms with Crippen LogP contribution in [0.25, 0.3) is 22.0 Å². The topological polar surface area (TPSA) is 158 Å². The summed E-state index contributed by atoms with van der Waals surface area (Å²) in [6.07, 6.45) is -9.37. The van der Waals surface area contributed by atoms with E-state index in [4.69, 9.17) is 16.6 Å². The van der Waals surface area contributed by atoms with Crippen molar-refractivity contribution in [3.8, 4) is 11.1 Å². The van der Waals surface area contributed by atoms with Crippen LogP contribution >= 0.6 is 11.6 Å². The Labute approximate surface area is 375 Å². The predicted molar refractivity (Wildman–Crippen MR) is 220 cm³/mol. The van der Waals surface area contributed by atoms with Gasteiger partial charge in [0, 0.05) is 34.4 Å². The van der Waals surface area contributed by atoms with Crippen molar-refractivity contribution in [1.29, 1.82) is 0 Å². The first-order valence-electron chi connectivity index (χ1n) is 20.2. The molecule has 1 amide bonds. The first-order chi connectivity index (χ1) is 30.4. The molecule has 0 bridgehead atoms. The number of carbonyl (C=O) groups is 1. The van der Waals surface area contributed by atoms with Crippen LogP contribution in [-0.2, 0) is 62.7 Å². The maximum absolute atomic E-state index is 15.5. The molecule has 66 heavy (non-hydrogen) atoms. The highest BCUT2D eigenvalue weighted by molar-refractivity contribution is 7.93. The van der Waals surface area contributed by atoms with Crippen molar-refractivity contribution in [2.45, 2.75) is 106 Å². The number of sulfone groups is 1. The lowest BCUT2D eigenvalue weighted by Crippen LogP contribution is -2.36. The molecule has 0 radical (unpaired) electrons. The Hall–Kier alpha value is -4.97. The maximum Gasteiger partial charge on any atom is 0.435 e. The quantitative estimate of drug-likeness (QED) is 0.0986. The average Bonchev–Trinajstić information content (AvgIpc) is 4.09. The second-order valence-electron chi connectivity index (χ2n) is 17.5. The van der Waals surface area contributed by atoms with Crippen LogP contribution in [0.15, 0.2) is 42.5 Å². The van der Waals surface area contributed by atoms with Crippen molar-refractivity contribution in [1.82, 2.24) is 29.9 Å². The first-order valence-corrected chi connectivity index (χ1v) is 24.0. The zero-order valence-corrected chi connectivity index (χ0v) is 37.1. The number of fused-ring (bicyclic) bond motifs is 4. The molecule has 2 aromatic carbocycles. The molecule has 12 nitrogen and oxygen atoms in total. The minimum absolute atomic E-state index is 0.0179. The molecule has 0 spiro atoms. The highest BCUT2D eigenvalue weighted by Gasteiger charge is 2.68. The summed E-state index contributed by atoms with van der Waals surface area (Å²) in [7, 11) is -7.84. The van der Waals surface area contributed by atoms with E-state index in [1.54, 1.807) is 0 Å². The minimum Gasteiger partial charge on any atom is -0.346 e. The smallest absolute Gasteiger partial charge is 0.346 e. The Morgan fingerprint density at radius 3 is 2.20 bits per heavy atom. The summed E-state index contributed by atoms with van der Waals surface area (Å²) in [5, 5.41) is 8.68. The molecular weight excluding hydrogens is 960 g/mol. The van der Waals surface area contributed by atoms with Crippen molar-refractivity contribution in [3.63, 3.8) is 0 Å². The largest absolute Gasteiger partial charge is 0.435 e. The molecule has 3 aliphatic rings. The molecule has 8 rings (SSSR count). The second-order valence-corrected chi connectivity index (χ2v) is 22.5. The number of nitrogens with zero attached hydrogens (tertiary/aromatic N) is 5. The lowest BCUT2D eigenvalue weighted by molar-refractivity contribution is -0.142. The van der Waals surface area contributed by atoms with E-state index in [1.807, 2.05) is 4.72 Å². The van der Waals surface area contributed by atoms with Crippen LogP contribution in [0.1, 0.15) is 85.4 Å². The third-order valence-corrected chi connectivity index (χ3v) is 15.9. The number of amides is 1. The summed E-state index contributed by atoms with van der Waals surface area (Å²) in [5.41, 5.74) is -4.38. The van der Waals surface area contributed by atoms with E-state index in [2.05, 4.69) is 15.5 Å². The number of carbonyl (C=O) groups excluding carboxylic acids is 1. The SMILES string of the molecule is CC(C)(CCc1ccc(-c2ccc(Cl)c3c(NS(C)(=O)=O)nn(CC(F)(F)F)c23)c([C@H](Cc2cc(F)cc(F)c2)NC(=O)Cn2nc(C(F)(F)F)c3c2C(F)(F)[C@@H]2C[C@H]32)n1)S(=O)(=O)C1CC1. The van der Waals surface area contributed by atoms with Gasteiger partial charge < -0.3 is 5.32 Å². The van der Waals surface area contributed by atoms with Crippen molar-refractivity contribution in [2.24, 2.45) is 5.92 Å². The van der Waals surface area contributed by atoms with Crippen molar-refractivity contribution in [3.05, 3.63) is 93.0 Å². The minimum atomic E-state index is -5.17. The zero-order valence-electron chi connectivity index (χ0n) is 34.8. The summed E-state index contributed by atoms with van der Waals surface area (Å²) in [5.74, 6) is -10.4. The van der Waals surface area contributed by atoms with Gasteiger partial charge in [-0.3, -0.25) is 23.9 Å². The average molecular weight is 998 g/mol. The van der Waals surface area contributed by atoms with Crippen LogP contribution < -0.4 is 10.0 Å². The standard InChI is InChI=1S/C41H38ClF10N7O5S2/c1-38(2,66(63,64)23-5-6-23)11-10-22-4-7-24(25-8-9-28(42)32-34(25)59(18-39(45,46)47)56-37(32)57-65(3,61)62)33(53-22)29(14-19-12-20(43)15-21(44)13-19)54-30(60)17-58-36-31(35(55-58)41(50,51)52)26-16-27(26)40(36,48)49/h4,7-9,12-13,15,23,26-27,29H,5-6,10-11,14,16-18H2,1-3H3,(H,54,60)(H,56,57)/t26-,27+,29-/m0/s1. The van der Waals surface area contributed by atoms with Crippen LogP contribution in [-0.4, -0.2) is 69.7 Å². The number of rotatable bonds is 15. The number of halogens is 11. The molecule has 3 heterocycles. The molecule has 0 saturated heterocycles. The van der Waals surface area contributed by atoms with Gasteiger partial charge in [0.1, 0.15) is 30.4 Å². The van der Waals surface area contributed by atoms with Gasteiger partial charge in [0.05, 0.1) is 43.9 Å². The van der Waals surface area contributed by atoms with E-state index in [-0.39, 0.29) is 62.4 Å². The normalized spacial score (nSPS) is 18.9. The Morgan fingerprint density at radius 1 is 0.939 bits per heavy atom. The number of sulfonamides is 1. The van der Waals surface area contributed by atoms with Crippen LogP contribution in [0.4, 0.5) is 49.7 Å². The predicted octanol–water partition coefficient (Wildman–Crippen LogP) is 8.78. The highest BCUT2D eigenvalue weighted by Crippen LogP contribution is 2.68. The van der Waals surface area contributed by atoms with Crippen LogP contribution in [0.2, 0.25) is 5.02 Å². The molecule has 3 aliphatic carbocycles. The van der Waals surface area contributed by atoms with Gasteiger partial charge in [0.15, 0.2) is 21.3 Å². The molecule has 5 aromatic rings. The number of benzene rings is 2. The lowest BCUT2D eigenvalue weighted by Gasteiger charge is -2.26. The Morgan fingerprint density at radius 2 is 1.59 bits per heavy atom. The van der Waals surface area contributed by atoms with Gasteiger partial charge in [-0.25, -0.2) is 25.6 Å². The fourth-order valence-electron chi connectivity index (χ4n) is 8.73. The third-order valence-electron chi connectivity index (χ3n) is 12.0. The molecule has 0 unspecified atom stereocenters. The molecule has 2 fully saturated rings. The van der Waals surface area contributed by atoms with Gasteiger partial charge >= 0.3 is 12.4 Å². The summed E-state index contributed by atoms with van der Waals surface area (Å²) in [4.78, 5) is 18.8. The summed E-state index contributed by atoms with van der Waals surface area (Å²) >= 11 is 6.50. The highest BCUT2D eigenvalue weighted by atomic mass is 35.5. The number of aromatic nitrogens is 5. The Bertz CT molecular complexity index is 3000. The molecule has 2 saturated carbocycles. The molecule has 3 aromatic heterocycles. The van der Waals surface area contributed by atoms with Crippen molar-refractivity contribution < 1.29 is 65.5 Å². The van der Waals surface area contributed by atoms with E-state index in [1.165, 1.54) is 38.1 Å². The number of hydrogen-bond donors (Lipinski definition) is 2. The van der Waals surface area contributed by atoms with Gasteiger partial charge in [0.2, 0.25) is 15.9 Å². The number of anilines is 1. The third kappa shape index (κ3) is 9.20. The van der Waals surface area contributed by atoms with Crippen LogP contribution in [0.5, 0.6) is 0 Å². The number of hydrogen-bond acceptors (Lipinski definition) is 8. The van der Waals surface area contributed by atoms with Gasteiger partial charge in [-0.1, -0.05) is 23.7 Å². The van der Waals surface area contributed by atoms with Gasteiger partial charge in [-0.05, 0) is 88.1 Å². The van der Waals surface area contributed by atoms with Gasteiger partial charge in [-0.15, -0.1) is 0 Å². The fraction of sp³-hybridized carbons (Fsp3) is 0.463. The Balaban J connectivity index is 1.30. The maximum atomic E-state index is 15.5. The monoisotopic (exact) mass is 997 g/mol. The summed E-state index contributed by atoms with van der Waals surface area (Å²) in [6, 6.07) is 5.83. The Kier molecular flexibility index (Phi) is 11.6. The van der Waals surface area contributed by atoms with E-state index in [0.29, 0.717) is 29.8 Å². The molecule has 3 atom stereocenters. The van der Waals surface area contributed by atoms with E-state index < -0.39 is 131 Å². The molecule has 356 valence electrons. The molecule has 25 heteroatoms. The van der Waals surface area contributed by atoms with Crippen molar-refractivity contribution >= 4 is 54.1 Å². The van der Waals surface area contributed by atoms with Crippen LogP contribution in [0, 0.1) is 17.6 Å². The van der Waals surface area contributed by atoms with E-state index in [0.717, 1.165) is 12.1 Å². The fourth-order valence-corrected chi connectivity index (χ4v) is 11.5. The second kappa shape index (κ2) is 16.1. The first kappa shape index (κ1) is 47.5. The van der Waals surface area contributed by atoms with E-state index >= 15 is 8.78 Å². The summed E-state index contributed by atoms with van der Waals surface area (Å²) in [6.45, 7) is 0.0226. The molecule has 2 N–H and O–H groups in total. The summed E-state index contributed by atoms with van der Waals surface area (Å²) < 4.78 is 198. The number of aryl methyl sites for hydroxylation is 1. The molecule has 0 aliphatic heterocycles. The number of alkyl halides is 8. The molecular formula is C41H38ClF10N7O5S2.